The average molecular weight is 246 g/mol. The van der Waals surface area contributed by atoms with Crippen molar-refractivity contribution in [3.8, 4) is 0 Å². The zero-order valence-electron chi connectivity index (χ0n) is 9.30. The van der Waals surface area contributed by atoms with E-state index in [9.17, 15) is 13.2 Å². The van der Waals surface area contributed by atoms with E-state index < -0.39 is 12.7 Å². The van der Waals surface area contributed by atoms with Crippen molar-refractivity contribution in [2.24, 2.45) is 0 Å². The van der Waals surface area contributed by atoms with Crippen molar-refractivity contribution < 1.29 is 13.2 Å². The van der Waals surface area contributed by atoms with Gasteiger partial charge >= 0.3 is 6.18 Å². The number of nitrogen functional groups attached to an aromatic ring is 1. The van der Waals surface area contributed by atoms with Gasteiger partial charge in [0.2, 0.25) is 0 Å². The summed E-state index contributed by atoms with van der Waals surface area (Å²) in [6, 6.07) is 0. The second kappa shape index (κ2) is 4.05. The van der Waals surface area contributed by atoms with Gasteiger partial charge in [-0.15, -0.1) is 0 Å². The number of hydrogen-bond donors (Lipinski definition) is 2. The van der Waals surface area contributed by atoms with Crippen molar-refractivity contribution in [3.05, 3.63) is 11.4 Å². The minimum absolute atomic E-state index is 0.178. The minimum Gasteiger partial charge on any atom is -0.383 e. The number of nitrogens with two attached hydrogens (primary N) is 1. The van der Waals surface area contributed by atoms with Crippen molar-refractivity contribution in [3.63, 3.8) is 0 Å². The molecule has 7 heteroatoms. The Hall–Kier alpha value is -1.53. The Kier molecular flexibility index (Phi) is 2.84. The third-order valence-corrected chi connectivity index (χ3v) is 2.60. The monoisotopic (exact) mass is 246 g/mol. The quantitative estimate of drug-likeness (QED) is 0.858. The second-order valence-electron chi connectivity index (χ2n) is 4.18. The highest BCUT2D eigenvalue weighted by Crippen LogP contribution is 2.39. The Labute approximate surface area is 96.4 Å². The summed E-state index contributed by atoms with van der Waals surface area (Å²) in [5.74, 6) is 1.21. The number of aromatic nitrogens is 2. The molecule has 17 heavy (non-hydrogen) atoms. The zero-order valence-corrected chi connectivity index (χ0v) is 9.30. The van der Waals surface area contributed by atoms with Crippen LogP contribution in [0.5, 0.6) is 0 Å². The van der Waals surface area contributed by atoms with Gasteiger partial charge in [-0.25, -0.2) is 9.97 Å². The third kappa shape index (κ3) is 2.98. The molecule has 4 nitrogen and oxygen atoms in total. The highest BCUT2D eigenvalue weighted by Gasteiger charge is 2.30. The van der Waals surface area contributed by atoms with Crippen LogP contribution in [0.2, 0.25) is 0 Å². The van der Waals surface area contributed by atoms with E-state index >= 15 is 0 Å². The lowest BCUT2D eigenvalue weighted by atomic mass is 10.3. The molecular weight excluding hydrogens is 233 g/mol. The highest BCUT2D eigenvalue weighted by molar-refractivity contribution is 5.55. The van der Waals surface area contributed by atoms with Crippen LogP contribution < -0.4 is 11.1 Å². The standard InChI is InChI=1S/C10H13F3N4/c1-5-7(14)16-9(6-2-3-6)17-8(5)15-4-10(11,12)13/h6H,2-4H2,1H3,(H3,14,15,16,17). The first-order chi connectivity index (χ1) is 7.87. The molecule has 0 aliphatic heterocycles. The second-order valence-corrected chi connectivity index (χ2v) is 4.18. The van der Waals surface area contributed by atoms with Crippen LogP contribution in [-0.2, 0) is 0 Å². The number of nitrogens with zero attached hydrogens (tertiary/aromatic N) is 2. The van der Waals surface area contributed by atoms with Crippen LogP contribution in [0.1, 0.15) is 30.1 Å². The van der Waals surface area contributed by atoms with Gasteiger partial charge in [0.15, 0.2) is 0 Å². The smallest absolute Gasteiger partial charge is 0.383 e. The van der Waals surface area contributed by atoms with Crippen molar-refractivity contribution in [1.82, 2.24) is 9.97 Å². The number of hydrogen-bond acceptors (Lipinski definition) is 4. The minimum atomic E-state index is -4.27. The summed E-state index contributed by atoms with van der Waals surface area (Å²) in [5.41, 5.74) is 6.11. The van der Waals surface area contributed by atoms with Gasteiger partial charge in [-0.3, -0.25) is 0 Å². The van der Waals surface area contributed by atoms with Crippen molar-refractivity contribution in [2.45, 2.75) is 31.9 Å². The first-order valence-electron chi connectivity index (χ1n) is 5.31. The van der Waals surface area contributed by atoms with Crippen molar-refractivity contribution >= 4 is 11.6 Å². The summed E-state index contributed by atoms with van der Waals surface area (Å²) in [7, 11) is 0. The Balaban J connectivity index is 2.19. The van der Waals surface area contributed by atoms with Gasteiger partial charge in [-0.05, 0) is 19.8 Å². The van der Waals surface area contributed by atoms with Crippen LogP contribution in [0.25, 0.3) is 0 Å². The molecule has 1 aromatic rings. The number of nitrogens with one attached hydrogen (secondary N) is 1. The fraction of sp³-hybridized carbons (Fsp3) is 0.600. The summed E-state index contributed by atoms with van der Waals surface area (Å²) in [6.07, 6.45) is -2.33. The van der Waals surface area contributed by atoms with Crippen LogP contribution >= 0.6 is 0 Å². The Morgan fingerprint density at radius 1 is 1.35 bits per heavy atom. The van der Waals surface area contributed by atoms with E-state index in [2.05, 4.69) is 15.3 Å². The lowest BCUT2D eigenvalue weighted by Gasteiger charge is -2.13. The predicted molar refractivity (Wildman–Crippen MR) is 57.7 cm³/mol. The van der Waals surface area contributed by atoms with Gasteiger partial charge < -0.3 is 11.1 Å². The van der Waals surface area contributed by atoms with Crippen LogP contribution in [0, 0.1) is 6.92 Å². The topological polar surface area (TPSA) is 63.8 Å². The first-order valence-corrected chi connectivity index (χ1v) is 5.31. The van der Waals surface area contributed by atoms with E-state index in [4.69, 9.17) is 5.73 Å². The van der Waals surface area contributed by atoms with E-state index in [0.29, 0.717) is 11.4 Å². The van der Waals surface area contributed by atoms with Crippen LogP contribution in [0.4, 0.5) is 24.8 Å². The maximum atomic E-state index is 12.1. The maximum Gasteiger partial charge on any atom is 0.405 e. The molecule has 3 N–H and O–H groups in total. The summed E-state index contributed by atoms with van der Waals surface area (Å²) in [5, 5.41) is 2.26. The molecule has 94 valence electrons. The van der Waals surface area contributed by atoms with Gasteiger partial charge in [-0.2, -0.15) is 13.2 Å². The molecule has 1 heterocycles. The van der Waals surface area contributed by atoms with E-state index in [0.717, 1.165) is 12.8 Å². The van der Waals surface area contributed by atoms with E-state index in [1.807, 2.05) is 0 Å². The number of anilines is 2. The molecule has 0 atom stereocenters. The maximum absolute atomic E-state index is 12.1. The van der Waals surface area contributed by atoms with Gasteiger partial charge in [-0.1, -0.05) is 0 Å². The Bertz CT molecular complexity index is 426. The van der Waals surface area contributed by atoms with Gasteiger partial charge in [0.05, 0.1) is 0 Å². The number of rotatable bonds is 3. The molecular formula is C10H13F3N4. The summed E-state index contributed by atoms with van der Waals surface area (Å²) in [6.45, 7) is 0.485. The highest BCUT2D eigenvalue weighted by atomic mass is 19.4. The summed E-state index contributed by atoms with van der Waals surface area (Å²) < 4.78 is 36.3. The normalized spacial score (nSPS) is 16.0. The average Bonchev–Trinajstić information content (AvgIpc) is 3.02. The number of halogens is 3. The first kappa shape index (κ1) is 11.9. The van der Waals surface area contributed by atoms with Gasteiger partial charge in [0, 0.05) is 11.5 Å². The molecule has 1 fully saturated rings. The molecule has 1 saturated carbocycles. The lowest BCUT2D eigenvalue weighted by molar-refractivity contribution is -0.115. The summed E-state index contributed by atoms with van der Waals surface area (Å²) >= 11 is 0. The molecule has 0 amide bonds. The van der Waals surface area contributed by atoms with E-state index in [-0.39, 0.29) is 17.6 Å². The largest absolute Gasteiger partial charge is 0.405 e. The molecule has 1 aromatic heterocycles. The summed E-state index contributed by atoms with van der Waals surface area (Å²) in [4.78, 5) is 8.18. The molecule has 2 rings (SSSR count). The van der Waals surface area contributed by atoms with E-state index in [1.165, 1.54) is 0 Å². The molecule has 0 aromatic carbocycles. The van der Waals surface area contributed by atoms with Gasteiger partial charge in [0.25, 0.3) is 0 Å². The number of alkyl halides is 3. The zero-order chi connectivity index (χ0) is 12.6. The lowest BCUT2D eigenvalue weighted by Crippen LogP contribution is -2.23. The van der Waals surface area contributed by atoms with Crippen LogP contribution in [-0.4, -0.2) is 22.7 Å². The molecule has 0 radical (unpaired) electrons. The molecule has 1 aliphatic rings. The SMILES string of the molecule is Cc1c(N)nc(C2CC2)nc1NCC(F)(F)F. The molecule has 0 bridgehead atoms. The predicted octanol–water partition coefficient (Wildman–Crippen LogP) is 2.22. The van der Waals surface area contributed by atoms with E-state index in [1.54, 1.807) is 6.92 Å². The molecule has 0 unspecified atom stereocenters. The third-order valence-electron chi connectivity index (χ3n) is 2.60. The van der Waals surface area contributed by atoms with Crippen molar-refractivity contribution in [2.75, 3.05) is 17.6 Å². The molecule has 1 aliphatic carbocycles. The fourth-order valence-electron chi connectivity index (χ4n) is 1.43. The van der Waals surface area contributed by atoms with Crippen molar-refractivity contribution in [1.29, 1.82) is 0 Å². The van der Waals surface area contributed by atoms with Gasteiger partial charge in [0.1, 0.15) is 24.0 Å². The Morgan fingerprint density at radius 3 is 2.53 bits per heavy atom. The van der Waals surface area contributed by atoms with Crippen LogP contribution in [0.15, 0.2) is 0 Å². The molecule has 0 saturated heterocycles. The molecule has 0 spiro atoms. The Morgan fingerprint density at radius 2 is 2.00 bits per heavy atom. The fourth-order valence-corrected chi connectivity index (χ4v) is 1.43. The van der Waals surface area contributed by atoms with Crippen LogP contribution in [0.3, 0.4) is 0 Å².